The van der Waals surface area contributed by atoms with E-state index in [0.29, 0.717) is 23.6 Å². The van der Waals surface area contributed by atoms with Gasteiger partial charge in [0.25, 0.3) is 5.91 Å². The molecule has 2 saturated carbocycles. The number of nitrogens with zero attached hydrogens (tertiary/aromatic N) is 1. The highest BCUT2D eigenvalue weighted by atomic mass is 16.1. The largest absolute Gasteiger partial charge is 0.368 e. The van der Waals surface area contributed by atoms with Crippen LogP contribution in [0.1, 0.15) is 49.9 Å². The second-order valence-corrected chi connectivity index (χ2v) is 6.49. The molecule has 2 aliphatic rings. The Morgan fingerprint density at radius 2 is 2.15 bits per heavy atom. The molecule has 1 heterocycles. The molecule has 1 aromatic rings. The highest BCUT2D eigenvalue weighted by molar-refractivity contribution is 5.94. The quantitative estimate of drug-likeness (QED) is 0.887. The second-order valence-electron chi connectivity index (χ2n) is 6.49. The van der Waals surface area contributed by atoms with E-state index in [0.717, 1.165) is 18.2 Å². The molecule has 4 nitrogen and oxygen atoms in total. The molecule has 108 valence electrons. The number of rotatable bonds is 4. The predicted molar refractivity (Wildman–Crippen MR) is 79.7 cm³/mol. The number of nitrogens with one attached hydrogen (secondary N) is 2. The summed E-state index contributed by atoms with van der Waals surface area (Å²) in [5, 5.41) is 6.41. The fraction of sp³-hybridized carbons (Fsp3) is 0.625. The van der Waals surface area contributed by atoms with Gasteiger partial charge in [0.05, 0.1) is 5.56 Å². The maximum absolute atomic E-state index is 12.2. The molecule has 0 spiro atoms. The van der Waals surface area contributed by atoms with Crippen molar-refractivity contribution < 1.29 is 4.79 Å². The molecule has 1 aromatic heterocycles. The summed E-state index contributed by atoms with van der Waals surface area (Å²) >= 11 is 0. The zero-order valence-corrected chi connectivity index (χ0v) is 12.2. The van der Waals surface area contributed by atoms with Gasteiger partial charge in [-0.2, -0.15) is 0 Å². The summed E-state index contributed by atoms with van der Waals surface area (Å²) in [6.07, 6.45) is 6.77. The highest BCUT2D eigenvalue weighted by Gasteiger charge is 2.40. The van der Waals surface area contributed by atoms with Gasteiger partial charge in [-0.1, -0.05) is 6.42 Å². The fourth-order valence-electron chi connectivity index (χ4n) is 3.58. The standard InChI is InChI=1S/C16H23N3O/c1-10(2)18-15-6-5-13(9-17-15)16(20)19-14-8-11-3-4-12(14)7-11/h5-6,9-12,14H,3-4,7-8H2,1-2H3,(H,17,18)(H,19,20)/t11-,12+,14+/m0/s1. The number of fused-ring (bicyclic) bond motifs is 2. The minimum Gasteiger partial charge on any atom is -0.368 e. The van der Waals surface area contributed by atoms with E-state index in [-0.39, 0.29) is 5.91 Å². The van der Waals surface area contributed by atoms with E-state index in [4.69, 9.17) is 0 Å². The molecule has 0 radical (unpaired) electrons. The first kappa shape index (κ1) is 13.4. The van der Waals surface area contributed by atoms with Gasteiger partial charge in [-0.3, -0.25) is 4.79 Å². The van der Waals surface area contributed by atoms with Crippen molar-refractivity contribution in [2.45, 2.75) is 51.6 Å². The minimum atomic E-state index is 0.0196. The zero-order chi connectivity index (χ0) is 14.1. The van der Waals surface area contributed by atoms with Crippen molar-refractivity contribution in [1.29, 1.82) is 0 Å². The van der Waals surface area contributed by atoms with Crippen molar-refractivity contribution >= 4 is 11.7 Å². The molecule has 0 saturated heterocycles. The summed E-state index contributed by atoms with van der Waals surface area (Å²) in [5.74, 6) is 2.39. The third-order valence-electron chi connectivity index (χ3n) is 4.52. The number of aromatic nitrogens is 1. The average Bonchev–Trinajstić information content (AvgIpc) is 3.01. The first-order chi connectivity index (χ1) is 9.61. The van der Waals surface area contributed by atoms with Gasteiger partial charge in [0, 0.05) is 18.3 Å². The number of carbonyl (C=O) groups excluding carboxylic acids is 1. The van der Waals surface area contributed by atoms with Crippen molar-refractivity contribution in [2.75, 3.05) is 5.32 Å². The highest BCUT2D eigenvalue weighted by Crippen LogP contribution is 2.44. The molecule has 3 rings (SSSR count). The van der Waals surface area contributed by atoms with Crippen molar-refractivity contribution in [1.82, 2.24) is 10.3 Å². The summed E-state index contributed by atoms with van der Waals surface area (Å²) in [4.78, 5) is 16.5. The summed E-state index contributed by atoms with van der Waals surface area (Å²) in [5.41, 5.74) is 0.655. The third-order valence-corrected chi connectivity index (χ3v) is 4.52. The summed E-state index contributed by atoms with van der Waals surface area (Å²) in [6, 6.07) is 4.45. The van der Waals surface area contributed by atoms with E-state index in [1.165, 1.54) is 19.3 Å². The molecule has 20 heavy (non-hydrogen) atoms. The Morgan fingerprint density at radius 3 is 2.70 bits per heavy atom. The lowest BCUT2D eigenvalue weighted by molar-refractivity contribution is 0.0922. The Kier molecular flexibility index (Phi) is 3.64. The van der Waals surface area contributed by atoms with Crippen LogP contribution < -0.4 is 10.6 Å². The van der Waals surface area contributed by atoms with E-state index in [1.54, 1.807) is 6.20 Å². The summed E-state index contributed by atoms with van der Waals surface area (Å²) < 4.78 is 0. The molecule has 2 N–H and O–H groups in total. The molecular formula is C16H23N3O. The second kappa shape index (κ2) is 5.43. The van der Waals surface area contributed by atoms with Crippen LogP contribution in [0.4, 0.5) is 5.82 Å². The van der Waals surface area contributed by atoms with Crippen LogP contribution in [0, 0.1) is 11.8 Å². The Morgan fingerprint density at radius 1 is 1.30 bits per heavy atom. The van der Waals surface area contributed by atoms with Crippen LogP contribution in [-0.2, 0) is 0 Å². The van der Waals surface area contributed by atoms with Gasteiger partial charge < -0.3 is 10.6 Å². The number of hydrogen-bond acceptors (Lipinski definition) is 3. The van der Waals surface area contributed by atoms with Gasteiger partial charge in [-0.05, 0) is 57.1 Å². The monoisotopic (exact) mass is 273 g/mol. The van der Waals surface area contributed by atoms with Crippen LogP contribution in [0.25, 0.3) is 0 Å². The molecule has 0 aliphatic heterocycles. The van der Waals surface area contributed by atoms with Gasteiger partial charge in [0.15, 0.2) is 0 Å². The molecule has 1 amide bonds. The Balaban J connectivity index is 1.59. The molecule has 2 bridgehead atoms. The third kappa shape index (κ3) is 2.79. The number of pyridine rings is 1. The van der Waals surface area contributed by atoms with Crippen molar-refractivity contribution in [3.8, 4) is 0 Å². The number of carbonyl (C=O) groups is 1. The lowest BCUT2D eigenvalue weighted by Gasteiger charge is -2.22. The van der Waals surface area contributed by atoms with Gasteiger partial charge in [-0.15, -0.1) is 0 Å². The van der Waals surface area contributed by atoms with Crippen LogP contribution in [0.2, 0.25) is 0 Å². The molecule has 2 aliphatic carbocycles. The molecule has 0 unspecified atom stereocenters. The van der Waals surface area contributed by atoms with Crippen LogP contribution in [0.3, 0.4) is 0 Å². The van der Waals surface area contributed by atoms with Gasteiger partial charge in [-0.25, -0.2) is 4.98 Å². The summed E-state index contributed by atoms with van der Waals surface area (Å²) in [7, 11) is 0. The molecule has 4 heteroatoms. The molecule has 3 atom stereocenters. The Hall–Kier alpha value is -1.58. The van der Waals surface area contributed by atoms with E-state index < -0.39 is 0 Å². The van der Waals surface area contributed by atoms with E-state index in [9.17, 15) is 4.79 Å². The molecular weight excluding hydrogens is 250 g/mol. The fourth-order valence-corrected chi connectivity index (χ4v) is 3.58. The Labute approximate surface area is 120 Å². The number of amides is 1. The topological polar surface area (TPSA) is 54.0 Å². The van der Waals surface area contributed by atoms with Gasteiger partial charge in [0.2, 0.25) is 0 Å². The maximum Gasteiger partial charge on any atom is 0.253 e. The van der Waals surface area contributed by atoms with Crippen LogP contribution in [0.5, 0.6) is 0 Å². The van der Waals surface area contributed by atoms with Gasteiger partial charge >= 0.3 is 0 Å². The van der Waals surface area contributed by atoms with Crippen molar-refractivity contribution in [3.05, 3.63) is 23.9 Å². The van der Waals surface area contributed by atoms with Crippen molar-refractivity contribution in [2.24, 2.45) is 11.8 Å². The lowest BCUT2D eigenvalue weighted by Crippen LogP contribution is -2.38. The van der Waals surface area contributed by atoms with Crippen LogP contribution in [0.15, 0.2) is 18.3 Å². The normalized spacial score (nSPS) is 27.9. The maximum atomic E-state index is 12.2. The van der Waals surface area contributed by atoms with E-state index in [2.05, 4.69) is 29.5 Å². The lowest BCUT2D eigenvalue weighted by atomic mass is 9.95. The first-order valence-electron chi connectivity index (χ1n) is 7.65. The van der Waals surface area contributed by atoms with Crippen LogP contribution in [-0.4, -0.2) is 23.0 Å². The minimum absolute atomic E-state index is 0.0196. The number of hydrogen-bond donors (Lipinski definition) is 2. The SMILES string of the molecule is CC(C)Nc1ccc(C(=O)N[C@@H]2C[C@H]3CC[C@@H]2C3)cn1. The smallest absolute Gasteiger partial charge is 0.253 e. The van der Waals surface area contributed by atoms with Crippen LogP contribution >= 0.6 is 0 Å². The Bertz CT molecular complexity index is 483. The van der Waals surface area contributed by atoms with E-state index in [1.807, 2.05) is 12.1 Å². The van der Waals surface area contributed by atoms with Crippen molar-refractivity contribution in [3.63, 3.8) is 0 Å². The predicted octanol–water partition coefficient (Wildman–Crippen LogP) is 2.82. The zero-order valence-electron chi connectivity index (χ0n) is 12.2. The summed E-state index contributed by atoms with van der Waals surface area (Å²) in [6.45, 7) is 4.13. The average molecular weight is 273 g/mol. The molecule has 2 fully saturated rings. The number of anilines is 1. The van der Waals surface area contributed by atoms with Gasteiger partial charge in [0.1, 0.15) is 5.82 Å². The molecule has 0 aromatic carbocycles. The van der Waals surface area contributed by atoms with E-state index >= 15 is 0 Å². The first-order valence-corrected chi connectivity index (χ1v) is 7.65.